The van der Waals surface area contributed by atoms with Gasteiger partial charge in [0, 0.05) is 0 Å². The third-order valence-corrected chi connectivity index (χ3v) is 1.52. The molecule has 0 aromatic carbocycles. The zero-order valence-electron chi connectivity index (χ0n) is 6.85. The van der Waals surface area contributed by atoms with Crippen molar-refractivity contribution in [3.8, 4) is 0 Å². The topological polar surface area (TPSA) is 140 Å². The molecule has 0 heterocycles. The van der Waals surface area contributed by atoms with Gasteiger partial charge < -0.3 is 31.4 Å². The molecule has 7 nitrogen and oxygen atoms in total. The van der Waals surface area contributed by atoms with Crippen molar-refractivity contribution in [1.29, 1.82) is 0 Å². The molecule has 0 aromatic heterocycles. The van der Waals surface area contributed by atoms with Crippen LogP contribution in [0.15, 0.2) is 5.10 Å². The van der Waals surface area contributed by atoms with Crippen LogP contribution in [0.1, 0.15) is 0 Å². The van der Waals surface area contributed by atoms with Gasteiger partial charge in [0.15, 0.2) is 0 Å². The van der Waals surface area contributed by atoms with Crippen LogP contribution in [0, 0.1) is 0 Å². The lowest BCUT2D eigenvalue weighted by atomic mass is 10.0. The Bertz CT molecular complexity index is 165. The van der Waals surface area contributed by atoms with E-state index in [0.717, 1.165) is 6.21 Å². The zero-order chi connectivity index (χ0) is 10.4. The molecule has 7 N–H and O–H groups in total. The van der Waals surface area contributed by atoms with Gasteiger partial charge in [-0.05, 0) is 0 Å². The molecular weight excluding hydrogens is 180 g/mol. The van der Waals surface area contributed by atoms with E-state index >= 15 is 0 Å². The minimum absolute atomic E-state index is 0.718. The highest BCUT2D eigenvalue weighted by molar-refractivity contribution is 5.63. The van der Waals surface area contributed by atoms with Gasteiger partial charge in [-0.15, -0.1) is 0 Å². The van der Waals surface area contributed by atoms with E-state index in [9.17, 15) is 0 Å². The molecule has 0 radical (unpaired) electrons. The minimum atomic E-state index is -1.65. The monoisotopic (exact) mass is 194 g/mol. The van der Waals surface area contributed by atoms with Crippen molar-refractivity contribution >= 4 is 6.21 Å². The van der Waals surface area contributed by atoms with Gasteiger partial charge in [-0.3, -0.25) is 0 Å². The highest BCUT2D eigenvalue weighted by atomic mass is 16.4. The van der Waals surface area contributed by atoms with Gasteiger partial charge in [-0.25, -0.2) is 0 Å². The predicted octanol–water partition coefficient (Wildman–Crippen LogP) is -3.63. The summed E-state index contributed by atoms with van der Waals surface area (Å²) in [5, 5.41) is 47.4. The largest absolute Gasteiger partial charge is 0.394 e. The molecule has 78 valence electrons. The second-order valence-electron chi connectivity index (χ2n) is 2.52. The van der Waals surface area contributed by atoms with Gasteiger partial charge in [0.05, 0.1) is 12.8 Å². The van der Waals surface area contributed by atoms with E-state index in [1.54, 1.807) is 0 Å². The van der Waals surface area contributed by atoms with Gasteiger partial charge in [-0.2, -0.15) is 5.10 Å². The molecule has 0 aromatic rings. The lowest BCUT2D eigenvalue weighted by Gasteiger charge is -2.23. The van der Waals surface area contributed by atoms with Crippen LogP contribution in [0.2, 0.25) is 0 Å². The van der Waals surface area contributed by atoms with Gasteiger partial charge in [0.1, 0.15) is 24.4 Å². The van der Waals surface area contributed by atoms with E-state index in [4.69, 9.17) is 25.5 Å². The van der Waals surface area contributed by atoms with Gasteiger partial charge in [-0.1, -0.05) is 0 Å². The smallest absolute Gasteiger partial charge is 0.119 e. The number of hydrazone groups is 1. The van der Waals surface area contributed by atoms with Crippen molar-refractivity contribution in [3.05, 3.63) is 0 Å². The molecule has 7 heteroatoms. The third-order valence-electron chi connectivity index (χ3n) is 1.52. The first kappa shape index (κ1) is 12.3. The Kier molecular flexibility index (Phi) is 5.51. The Labute approximate surface area is 74.7 Å². The molecular formula is C6H14N2O5. The van der Waals surface area contributed by atoms with Crippen molar-refractivity contribution in [1.82, 2.24) is 0 Å². The SMILES string of the molecule is N/N=C\[C@H](O)[C@H](O)[C@@H](O)[C@H](O)CO. The number of hydrogen-bond donors (Lipinski definition) is 6. The molecule has 0 spiro atoms. The average molecular weight is 194 g/mol. The van der Waals surface area contributed by atoms with Crippen LogP contribution in [0.25, 0.3) is 0 Å². The van der Waals surface area contributed by atoms with Gasteiger partial charge in [0.25, 0.3) is 0 Å². The fourth-order valence-electron chi connectivity index (χ4n) is 0.714. The zero-order valence-corrected chi connectivity index (χ0v) is 6.85. The highest BCUT2D eigenvalue weighted by Gasteiger charge is 2.28. The van der Waals surface area contributed by atoms with E-state index in [-0.39, 0.29) is 0 Å². The van der Waals surface area contributed by atoms with Gasteiger partial charge in [0.2, 0.25) is 0 Å². The maximum atomic E-state index is 9.10. The lowest BCUT2D eigenvalue weighted by molar-refractivity contribution is -0.0999. The number of aliphatic hydroxyl groups excluding tert-OH is 5. The number of hydrogen-bond acceptors (Lipinski definition) is 7. The molecule has 0 aliphatic carbocycles. The third kappa shape index (κ3) is 3.66. The molecule has 0 rings (SSSR count). The number of rotatable bonds is 5. The predicted molar refractivity (Wildman–Crippen MR) is 43.8 cm³/mol. The van der Waals surface area contributed by atoms with Crippen LogP contribution in [-0.2, 0) is 0 Å². The Morgan fingerprint density at radius 2 is 1.69 bits per heavy atom. The number of aliphatic hydroxyl groups is 5. The first-order valence-corrected chi connectivity index (χ1v) is 3.61. The van der Waals surface area contributed by atoms with Crippen LogP contribution in [-0.4, -0.2) is 62.8 Å². The standard InChI is InChI=1S/C6H14N2O5/c7-8-1-3(10)5(12)6(13)4(11)2-9/h1,3-6,9-13H,2,7H2/b8-1-/t3-,4+,5-,6-/m0/s1. The van der Waals surface area contributed by atoms with Crippen LogP contribution >= 0.6 is 0 Å². The molecule has 0 saturated carbocycles. The highest BCUT2D eigenvalue weighted by Crippen LogP contribution is 2.03. The summed E-state index contributed by atoms with van der Waals surface area (Å²) in [4.78, 5) is 0. The number of nitrogens with two attached hydrogens (primary N) is 1. The summed E-state index contributed by atoms with van der Waals surface area (Å²) in [6.45, 7) is -0.718. The maximum absolute atomic E-state index is 9.10. The van der Waals surface area contributed by atoms with E-state index in [1.807, 2.05) is 0 Å². The first-order valence-electron chi connectivity index (χ1n) is 3.61. The van der Waals surface area contributed by atoms with E-state index in [0.29, 0.717) is 0 Å². The summed E-state index contributed by atoms with van der Waals surface area (Å²) in [7, 11) is 0. The molecule has 0 fully saturated rings. The fraction of sp³-hybridized carbons (Fsp3) is 0.833. The summed E-state index contributed by atoms with van der Waals surface area (Å²) in [5.41, 5.74) is 0. The molecule has 0 amide bonds. The Balaban J connectivity index is 4.15. The molecule has 0 unspecified atom stereocenters. The number of nitrogens with zero attached hydrogens (tertiary/aromatic N) is 1. The van der Waals surface area contributed by atoms with Crippen molar-refractivity contribution in [2.45, 2.75) is 24.4 Å². The maximum Gasteiger partial charge on any atom is 0.119 e. The lowest BCUT2D eigenvalue weighted by Crippen LogP contribution is -2.46. The molecule has 0 aliphatic rings. The summed E-state index contributed by atoms with van der Waals surface area (Å²) in [5.74, 6) is 4.68. The quantitative estimate of drug-likeness (QED) is 0.152. The normalized spacial score (nSPS) is 21.3. The van der Waals surface area contributed by atoms with Crippen LogP contribution < -0.4 is 5.84 Å². The average Bonchev–Trinajstić information content (AvgIpc) is 2.14. The van der Waals surface area contributed by atoms with Crippen LogP contribution in [0.5, 0.6) is 0 Å². The summed E-state index contributed by atoms with van der Waals surface area (Å²) in [6.07, 6.45) is -5.50. The summed E-state index contributed by atoms with van der Waals surface area (Å²) in [6, 6.07) is 0. The summed E-state index contributed by atoms with van der Waals surface area (Å²) < 4.78 is 0. The Morgan fingerprint density at radius 1 is 1.15 bits per heavy atom. The van der Waals surface area contributed by atoms with Gasteiger partial charge >= 0.3 is 0 Å². The van der Waals surface area contributed by atoms with E-state index in [2.05, 4.69) is 10.9 Å². The second-order valence-corrected chi connectivity index (χ2v) is 2.52. The van der Waals surface area contributed by atoms with E-state index in [1.165, 1.54) is 0 Å². The Hall–Kier alpha value is -0.730. The molecule has 0 bridgehead atoms. The summed E-state index contributed by atoms with van der Waals surface area (Å²) >= 11 is 0. The molecule has 0 saturated heterocycles. The van der Waals surface area contributed by atoms with Crippen molar-refractivity contribution in [2.24, 2.45) is 10.9 Å². The molecule has 0 aliphatic heterocycles. The minimum Gasteiger partial charge on any atom is -0.394 e. The van der Waals surface area contributed by atoms with Crippen molar-refractivity contribution in [2.75, 3.05) is 6.61 Å². The van der Waals surface area contributed by atoms with Crippen molar-refractivity contribution < 1.29 is 25.5 Å². The van der Waals surface area contributed by atoms with Crippen molar-refractivity contribution in [3.63, 3.8) is 0 Å². The van der Waals surface area contributed by atoms with E-state index < -0.39 is 31.0 Å². The first-order chi connectivity index (χ1) is 6.04. The molecule has 13 heavy (non-hydrogen) atoms. The van der Waals surface area contributed by atoms with Crippen LogP contribution in [0.4, 0.5) is 0 Å². The second kappa shape index (κ2) is 5.84. The Morgan fingerprint density at radius 3 is 2.08 bits per heavy atom. The van der Waals surface area contributed by atoms with Crippen LogP contribution in [0.3, 0.4) is 0 Å². The fourth-order valence-corrected chi connectivity index (χ4v) is 0.714. The molecule has 4 atom stereocenters.